The van der Waals surface area contributed by atoms with E-state index in [1.165, 1.54) is 6.07 Å². The Morgan fingerprint density at radius 2 is 1.97 bits per heavy atom. The number of hydrogen-bond donors (Lipinski definition) is 2. The second-order valence-corrected chi connectivity index (χ2v) is 8.30. The maximum absolute atomic E-state index is 14.4. The van der Waals surface area contributed by atoms with Crippen molar-refractivity contribution in [1.29, 1.82) is 0 Å². The number of nitrogens with two attached hydrogens (primary N) is 1. The lowest BCUT2D eigenvalue weighted by Gasteiger charge is -2.25. The molecule has 3 N–H and O–H groups in total. The molecular formula is C19H19FN2O6S. The van der Waals surface area contributed by atoms with Gasteiger partial charge in [0.1, 0.15) is 6.04 Å². The highest BCUT2D eigenvalue weighted by Gasteiger charge is 2.41. The zero-order valence-electron chi connectivity index (χ0n) is 15.2. The summed E-state index contributed by atoms with van der Waals surface area (Å²) in [6, 6.07) is 8.66. The average molecular weight is 422 g/mol. The van der Waals surface area contributed by atoms with E-state index in [1.54, 1.807) is 24.3 Å². The maximum atomic E-state index is 14.4. The molecule has 0 aliphatic carbocycles. The van der Waals surface area contributed by atoms with Gasteiger partial charge in [-0.3, -0.25) is 13.9 Å². The summed E-state index contributed by atoms with van der Waals surface area (Å²) in [5.41, 5.74) is 6.38. The number of carboxylic acids is 1. The second kappa shape index (κ2) is 8.08. The van der Waals surface area contributed by atoms with Crippen LogP contribution in [0.1, 0.15) is 18.4 Å². The van der Waals surface area contributed by atoms with Crippen LogP contribution in [0, 0.1) is 5.82 Å². The van der Waals surface area contributed by atoms with E-state index in [4.69, 9.17) is 15.6 Å². The molecule has 1 heterocycles. The number of nitrogens with zero attached hydrogens (tertiary/aromatic N) is 1. The van der Waals surface area contributed by atoms with Crippen LogP contribution >= 0.6 is 0 Å². The smallest absolute Gasteiger partial charge is 0.303 e. The maximum Gasteiger partial charge on any atom is 0.303 e. The Morgan fingerprint density at radius 3 is 2.62 bits per heavy atom. The van der Waals surface area contributed by atoms with E-state index in [9.17, 15) is 22.4 Å². The van der Waals surface area contributed by atoms with Crippen LogP contribution in [0.4, 0.5) is 10.1 Å². The summed E-state index contributed by atoms with van der Waals surface area (Å²) < 4.78 is 46.8. The second-order valence-electron chi connectivity index (χ2n) is 6.49. The summed E-state index contributed by atoms with van der Waals surface area (Å²) in [6.45, 7) is -0.0292. The van der Waals surface area contributed by atoms with Gasteiger partial charge in [-0.1, -0.05) is 18.2 Å². The Hall–Kier alpha value is -3.14. The predicted octanol–water partition coefficient (Wildman–Crippen LogP) is 1.67. The van der Waals surface area contributed by atoms with Gasteiger partial charge < -0.3 is 15.6 Å². The first-order valence-electron chi connectivity index (χ1n) is 8.77. The molecule has 0 spiro atoms. The van der Waals surface area contributed by atoms with Crippen LogP contribution in [0.15, 0.2) is 47.4 Å². The Labute approximate surface area is 166 Å². The largest absolute Gasteiger partial charge is 0.491 e. The van der Waals surface area contributed by atoms with Crippen molar-refractivity contribution in [1.82, 2.24) is 0 Å². The molecule has 3 rings (SSSR count). The van der Waals surface area contributed by atoms with Crippen molar-refractivity contribution in [2.24, 2.45) is 5.73 Å². The van der Waals surface area contributed by atoms with Crippen LogP contribution in [0.3, 0.4) is 0 Å². The standard InChI is InChI=1S/C19H19FN2O6S/c20-14-11-13(7-8-17(14)28-9-3-6-18(23)24)29(26,27)22-15-5-2-1-4-12(15)10-16(22)19(21)25/h1-2,4-5,7-8,11,16H,3,6,9-10H2,(H2,21,25)(H,23,24)/t16-/m0/s1. The van der Waals surface area contributed by atoms with Gasteiger partial charge in [0.05, 0.1) is 17.2 Å². The molecule has 0 saturated carbocycles. The van der Waals surface area contributed by atoms with Gasteiger partial charge >= 0.3 is 5.97 Å². The number of carboxylic acid groups (broad SMARTS) is 1. The summed E-state index contributed by atoms with van der Waals surface area (Å²) in [7, 11) is -4.26. The van der Waals surface area contributed by atoms with Gasteiger partial charge in [0, 0.05) is 12.8 Å². The molecule has 29 heavy (non-hydrogen) atoms. The number of halogens is 1. The van der Waals surface area contributed by atoms with E-state index in [2.05, 4.69) is 0 Å². The molecule has 0 bridgehead atoms. The average Bonchev–Trinajstić information content (AvgIpc) is 3.06. The molecule has 2 aromatic carbocycles. The summed E-state index contributed by atoms with van der Waals surface area (Å²) in [5.74, 6) is -2.90. The topological polar surface area (TPSA) is 127 Å². The third-order valence-corrected chi connectivity index (χ3v) is 6.33. The van der Waals surface area contributed by atoms with E-state index in [0.717, 1.165) is 16.4 Å². The van der Waals surface area contributed by atoms with Crippen LogP contribution < -0.4 is 14.8 Å². The van der Waals surface area contributed by atoms with Crippen molar-refractivity contribution in [2.45, 2.75) is 30.2 Å². The number of hydrogen-bond acceptors (Lipinski definition) is 5. The van der Waals surface area contributed by atoms with Crippen LogP contribution in [0.2, 0.25) is 0 Å². The monoisotopic (exact) mass is 422 g/mol. The van der Waals surface area contributed by atoms with Crippen molar-refractivity contribution >= 4 is 27.6 Å². The zero-order chi connectivity index (χ0) is 21.2. The molecule has 0 fully saturated rings. The SMILES string of the molecule is NC(=O)[C@@H]1Cc2ccccc2N1S(=O)(=O)c1ccc(OCCCC(=O)O)c(F)c1. The van der Waals surface area contributed by atoms with Gasteiger partial charge in [0.2, 0.25) is 5.91 Å². The Bertz CT molecular complexity index is 1060. The van der Waals surface area contributed by atoms with Gasteiger partial charge in [-0.2, -0.15) is 0 Å². The number of benzene rings is 2. The number of primary amides is 1. The molecule has 1 aliphatic heterocycles. The van der Waals surface area contributed by atoms with Crippen molar-refractivity contribution in [3.05, 3.63) is 53.8 Å². The third-order valence-electron chi connectivity index (χ3n) is 4.51. The minimum absolute atomic E-state index is 0.0292. The lowest BCUT2D eigenvalue weighted by atomic mass is 10.1. The molecule has 0 radical (unpaired) electrons. The molecule has 1 atom stereocenters. The van der Waals surface area contributed by atoms with E-state index < -0.39 is 33.8 Å². The molecule has 0 aromatic heterocycles. The first kappa shape index (κ1) is 20.6. The highest BCUT2D eigenvalue weighted by molar-refractivity contribution is 7.93. The van der Waals surface area contributed by atoms with Crippen LogP contribution in [0.25, 0.3) is 0 Å². The zero-order valence-corrected chi connectivity index (χ0v) is 16.1. The highest BCUT2D eigenvalue weighted by Crippen LogP contribution is 2.37. The molecule has 8 nitrogen and oxygen atoms in total. The molecular weight excluding hydrogens is 403 g/mol. The van der Waals surface area contributed by atoms with Crippen molar-refractivity contribution in [3.8, 4) is 5.75 Å². The fraction of sp³-hybridized carbons (Fsp3) is 0.263. The summed E-state index contributed by atoms with van der Waals surface area (Å²) in [5, 5.41) is 8.59. The van der Waals surface area contributed by atoms with E-state index in [0.29, 0.717) is 11.3 Å². The van der Waals surface area contributed by atoms with Gasteiger partial charge in [0.15, 0.2) is 11.6 Å². The Morgan fingerprint density at radius 1 is 1.24 bits per heavy atom. The molecule has 1 amide bonds. The quantitative estimate of drug-likeness (QED) is 0.623. The van der Waals surface area contributed by atoms with Crippen LogP contribution in [0.5, 0.6) is 5.75 Å². The lowest BCUT2D eigenvalue weighted by molar-refractivity contribution is -0.137. The van der Waals surface area contributed by atoms with Crippen LogP contribution in [-0.2, 0) is 26.0 Å². The first-order valence-corrected chi connectivity index (χ1v) is 10.2. The van der Waals surface area contributed by atoms with Gasteiger partial charge in [-0.15, -0.1) is 0 Å². The summed E-state index contributed by atoms with van der Waals surface area (Å²) in [6.07, 6.45) is 0.189. The molecule has 10 heteroatoms. The number of aliphatic carboxylic acids is 1. The fourth-order valence-corrected chi connectivity index (χ4v) is 4.82. The number of sulfonamides is 1. The molecule has 0 unspecified atom stereocenters. The number of amides is 1. The normalized spacial score (nSPS) is 15.8. The van der Waals surface area contributed by atoms with Crippen LogP contribution in [-0.4, -0.2) is 38.0 Å². The number of ether oxygens (including phenoxy) is 1. The minimum atomic E-state index is -4.26. The molecule has 154 valence electrons. The molecule has 1 aliphatic rings. The number of rotatable bonds is 8. The summed E-state index contributed by atoms with van der Waals surface area (Å²) >= 11 is 0. The lowest BCUT2D eigenvalue weighted by Crippen LogP contribution is -2.46. The molecule has 0 saturated heterocycles. The number of anilines is 1. The third kappa shape index (κ3) is 4.16. The number of carbonyl (C=O) groups is 2. The van der Waals surface area contributed by atoms with Crippen molar-refractivity contribution < 1.29 is 32.2 Å². The number of carbonyl (C=O) groups excluding carboxylic acids is 1. The fourth-order valence-electron chi connectivity index (χ4n) is 3.15. The van der Waals surface area contributed by atoms with Gasteiger partial charge in [0.25, 0.3) is 10.0 Å². The van der Waals surface area contributed by atoms with Crippen molar-refractivity contribution in [2.75, 3.05) is 10.9 Å². The van der Waals surface area contributed by atoms with Gasteiger partial charge in [-0.05, 0) is 36.2 Å². The number of para-hydroxylation sites is 1. The van der Waals surface area contributed by atoms with Crippen molar-refractivity contribution in [3.63, 3.8) is 0 Å². The first-order chi connectivity index (χ1) is 13.7. The summed E-state index contributed by atoms with van der Waals surface area (Å²) in [4.78, 5) is 22.0. The van der Waals surface area contributed by atoms with E-state index in [1.807, 2.05) is 0 Å². The number of fused-ring (bicyclic) bond motifs is 1. The molecule has 2 aromatic rings. The van der Waals surface area contributed by atoms with E-state index in [-0.39, 0.29) is 36.5 Å². The Balaban J connectivity index is 1.88. The Kier molecular flexibility index (Phi) is 5.73. The predicted molar refractivity (Wildman–Crippen MR) is 102 cm³/mol. The van der Waals surface area contributed by atoms with Gasteiger partial charge in [-0.25, -0.2) is 12.8 Å². The minimum Gasteiger partial charge on any atom is -0.491 e. The highest BCUT2D eigenvalue weighted by atomic mass is 32.2. The van der Waals surface area contributed by atoms with E-state index >= 15 is 0 Å².